The number of carbonyl (C=O) groups excluding carboxylic acids is 1. The number of halogens is 1. The molecule has 114 valence electrons. The van der Waals surface area contributed by atoms with Crippen LogP contribution in [0.2, 0.25) is 5.15 Å². The number of carboxylic acid groups (broad SMARTS) is 1. The summed E-state index contributed by atoms with van der Waals surface area (Å²) in [7, 11) is 1.71. The summed E-state index contributed by atoms with van der Waals surface area (Å²) in [6.45, 7) is 2.36. The number of carboxylic acids is 1. The first-order valence-electron chi connectivity index (χ1n) is 6.40. The van der Waals surface area contributed by atoms with Crippen molar-refractivity contribution in [3.05, 3.63) is 22.5 Å². The van der Waals surface area contributed by atoms with Crippen LogP contribution >= 0.6 is 11.6 Å². The first-order chi connectivity index (χ1) is 9.91. The molecule has 1 N–H and O–H groups in total. The third kappa shape index (κ3) is 3.25. The van der Waals surface area contributed by atoms with Crippen LogP contribution in [0.3, 0.4) is 0 Å². The molecule has 1 unspecified atom stereocenters. The number of nitrogens with zero attached hydrogens (tertiary/aromatic N) is 3. The van der Waals surface area contributed by atoms with E-state index in [0.29, 0.717) is 23.0 Å². The highest BCUT2D eigenvalue weighted by molar-refractivity contribution is 6.31. The van der Waals surface area contributed by atoms with E-state index in [0.717, 1.165) is 0 Å². The smallest absolute Gasteiger partial charge is 0.328 e. The fourth-order valence-corrected chi connectivity index (χ4v) is 2.40. The van der Waals surface area contributed by atoms with Crippen LogP contribution in [0.15, 0.2) is 6.08 Å². The molecular formula is C13H16ClN3O4. The number of aliphatic carboxylic acids is 1. The van der Waals surface area contributed by atoms with Gasteiger partial charge in [-0.3, -0.25) is 9.48 Å². The first kappa shape index (κ1) is 15.5. The molecule has 0 aliphatic carbocycles. The summed E-state index contributed by atoms with van der Waals surface area (Å²) in [6.07, 6.45) is 2.87. The Morgan fingerprint density at radius 2 is 2.24 bits per heavy atom. The van der Waals surface area contributed by atoms with Gasteiger partial charge >= 0.3 is 5.97 Å². The number of morpholine rings is 1. The molecule has 7 nitrogen and oxygen atoms in total. The largest absolute Gasteiger partial charge is 0.480 e. The highest BCUT2D eigenvalue weighted by Gasteiger charge is 2.31. The second-order valence-corrected chi connectivity index (χ2v) is 5.07. The number of hydrogen-bond acceptors (Lipinski definition) is 4. The van der Waals surface area contributed by atoms with Crippen molar-refractivity contribution < 1.29 is 19.4 Å². The van der Waals surface area contributed by atoms with Crippen molar-refractivity contribution in [3.8, 4) is 0 Å². The van der Waals surface area contributed by atoms with Gasteiger partial charge in [0.05, 0.1) is 18.9 Å². The molecule has 2 rings (SSSR count). The average molecular weight is 314 g/mol. The Kier molecular flexibility index (Phi) is 4.64. The van der Waals surface area contributed by atoms with Gasteiger partial charge in [-0.05, 0) is 13.0 Å². The molecule has 1 aliphatic heterocycles. The average Bonchev–Trinajstić information content (AvgIpc) is 2.70. The second-order valence-electron chi connectivity index (χ2n) is 4.71. The fourth-order valence-electron chi connectivity index (χ4n) is 2.16. The van der Waals surface area contributed by atoms with Crippen molar-refractivity contribution >= 4 is 29.6 Å². The van der Waals surface area contributed by atoms with Crippen molar-refractivity contribution in [2.24, 2.45) is 7.05 Å². The molecule has 0 aromatic carbocycles. The van der Waals surface area contributed by atoms with Gasteiger partial charge in [0, 0.05) is 25.2 Å². The van der Waals surface area contributed by atoms with E-state index in [4.69, 9.17) is 21.4 Å². The van der Waals surface area contributed by atoms with Crippen LogP contribution in [-0.4, -0.2) is 57.5 Å². The van der Waals surface area contributed by atoms with E-state index in [-0.39, 0.29) is 19.1 Å². The van der Waals surface area contributed by atoms with Gasteiger partial charge in [0.15, 0.2) is 6.04 Å². The third-order valence-corrected chi connectivity index (χ3v) is 3.73. The molecule has 2 heterocycles. The van der Waals surface area contributed by atoms with E-state index in [9.17, 15) is 9.59 Å². The molecule has 0 spiro atoms. The summed E-state index contributed by atoms with van der Waals surface area (Å²) < 4.78 is 6.60. The monoisotopic (exact) mass is 313 g/mol. The Hall–Kier alpha value is -1.86. The van der Waals surface area contributed by atoms with E-state index >= 15 is 0 Å². The lowest BCUT2D eigenvalue weighted by Gasteiger charge is -2.31. The van der Waals surface area contributed by atoms with Gasteiger partial charge in [0.2, 0.25) is 5.91 Å². The number of aryl methyl sites for hydroxylation is 2. The number of carbonyl (C=O) groups is 2. The lowest BCUT2D eigenvalue weighted by atomic mass is 10.2. The maximum atomic E-state index is 12.2. The first-order valence-corrected chi connectivity index (χ1v) is 6.78. The molecule has 1 aromatic rings. The number of ether oxygens (including phenoxy) is 1. The minimum atomic E-state index is -1.08. The van der Waals surface area contributed by atoms with Crippen LogP contribution in [0.4, 0.5) is 0 Å². The van der Waals surface area contributed by atoms with E-state index in [1.54, 1.807) is 20.0 Å². The van der Waals surface area contributed by atoms with Crippen molar-refractivity contribution in [2.75, 3.05) is 19.8 Å². The molecule has 1 fully saturated rings. The minimum absolute atomic E-state index is 0.00158. The van der Waals surface area contributed by atoms with Crippen molar-refractivity contribution in [3.63, 3.8) is 0 Å². The van der Waals surface area contributed by atoms with Crippen LogP contribution < -0.4 is 0 Å². The normalized spacial score (nSPS) is 19.2. The van der Waals surface area contributed by atoms with E-state index < -0.39 is 12.0 Å². The standard InChI is InChI=1S/C13H16ClN3O4/c1-8-9(12(14)16(2)15-8)3-4-11(18)17-5-6-21-7-10(17)13(19)20/h3-4,10H,5-7H2,1-2H3,(H,19,20). The molecule has 0 bridgehead atoms. The van der Waals surface area contributed by atoms with Gasteiger partial charge in [-0.2, -0.15) is 5.10 Å². The van der Waals surface area contributed by atoms with E-state index in [2.05, 4.69) is 5.10 Å². The van der Waals surface area contributed by atoms with Gasteiger partial charge in [-0.1, -0.05) is 11.6 Å². The topological polar surface area (TPSA) is 84.7 Å². The molecule has 8 heteroatoms. The van der Waals surface area contributed by atoms with E-state index in [1.807, 2.05) is 0 Å². The van der Waals surface area contributed by atoms with Crippen LogP contribution in [0.5, 0.6) is 0 Å². The van der Waals surface area contributed by atoms with Crippen molar-refractivity contribution in [2.45, 2.75) is 13.0 Å². The summed E-state index contributed by atoms with van der Waals surface area (Å²) >= 11 is 6.07. The maximum absolute atomic E-state index is 12.2. The van der Waals surface area contributed by atoms with Crippen LogP contribution in [0, 0.1) is 6.92 Å². The zero-order chi connectivity index (χ0) is 15.6. The Labute approximate surface area is 126 Å². The summed E-state index contributed by atoms with van der Waals surface area (Å²) in [5.41, 5.74) is 1.34. The Morgan fingerprint density at radius 3 is 2.81 bits per heavy atom. The highest BCUT2D eigenvalue weighted by Crippen LogP contribution is 2.20. The van der Waals surface area contributed by atoms with Crippen molar-refractivity contribution in [1.29, 1.82) is 0 Å². The molecule has 1 atom stereocenters. The van der Waals surface area contributed by atoms with Gasteiger partial charge < -0.3 is 14.7 Å². The quantitative estimate of drug-likeness (QED) is 0.831. The maximum Gasteiger partial charge on any atom is 0.328 e. The van der Waals surface area contributed by atoms with Crippen LogP contribution in [0.1, 0.15) is 11.3 Å². The molecular weight excluding hydrogens is 298 g/mol. The number of amides is 1. The van der Waals surface area contributed by atoms with Crippen LogP contribution in [0.25, 0.3) is 6.08 Å². The SMILES string of the molecule is Cc1nn(C)c(Cl)c1C=CC(=O)N1CCOCC1C(=O)O. The molecule has 1 aliphatic rings. The number of rotatable bonds is 3. The lowest BCUT2D eigenvalue weighted by Crippen LogP contribution is -2.52. The van der Waals surface area contributed by atoms with Crippen LogP contribution in [-0.2, 0) is 21.4 Å². The Balaban J connectivity index is 2.16. The summed E-state index contributed by atoms with van der Waals surface area (Å²) in [5, 5.41) is 13.7. The second kappa shape index (κ2) is 6.28. The van der Waals surface area contributed by atoms with E-state index in [1.165, 1.54) is 15.7 Å². The fraction of sp³-hybridized carbons (Fsp3) is 0.462. The summed E-state index contributed by atoms with van der Waals surface area (Å²) in [4.78, 5) is 24.6. The number of hydrogen-bond donors (Lipinski definition) is 1. The summed E-state index contributed by atoms with van der Waals surface area (Å²) in [5.74, 6) is -1.46. The molecule has 1 amide bonds. The van der Waals surface area contributed by atoms with Gasteiger partial charge in [0.25, 0.3) is 0 Å². The molecule has 1 aromatic heterocycles. The lowest BCUT2D eigenvalue weighted by molar-refractivity contribution is -0.156. The predicted molar refractivity (Wildman–Crippen MR) is 75.9 cm³/mol. The van der Waals surface area contributed by atoms with Gasteiger partial charge in [-0.15, -0.1) is 0 Å². The van der Waals surface area contributed by atoms with Gasteiger partial charge in [-0.25, -0.2) is 4.79 Å². The van der Waals surface area contributed by atoms with Gasteiger partial charge in [0.1, 0.15) is 5.15 Å². The minimum Gasteiger partial charge on any atom is -0.480 e. The third-order valence-electron chi connectivity index (χ3n) is 3.29. The Bertz CT molecular complexity index is 596. The molecule has 1 saturated heterocycles. The molecule has 0 radical (unpaired) electrons. The zero-order valence-corrected chi connectivity index (χ0v) is 12.5. The highest BCUT2D eigenvalue weighted by atomic mass is 35.5. The predicted octanol–water partition coefficient (Wildman–Crippen LogP) is 0.707. The molecule has 21 heavy (non-hydrogen) atoms. The van der Waals surface area contributed by atoms with Crippen molar-refractivity contribution in [1.82, 2.24) is 14.7 Å². The molecule has 0 saturated carbocycles. The zero-order valence-electron chi connectivity index (χ0n) is 11.7. The number of aromatic nitrogens is 2. The Morgan fingerprint density at radius 1 is 1.52 bits per heavy atom. The summed E-state index contributed by atoms with van der Waals surface area (Å²) in [6, 6.07) is -0.957.